The molecule has 0 saturated carbocycles. The lowest BCUT2D eigenvalue weighted by Gasteiger charge is -2.36. The van der Waals surface area contributed by atoms with E-state index in [2.05, 4.69) is 10.3 Å². The number of hydrogen-bond donors (Lipinski definition) is 3. The Balaban J connectivity index is 2.09. The average molecular weight is 554 g/mol. The molecule has 1 aromatic heterocycles. The van der Waals surface area contributed by atoms with E-state index in [1.54, 1.807) is 0 Å². The van der Waals surface area contributed by atoms with Gasteiger partial charge in [-0.15, -0.1) is 11.3 Å². The summed E-state index contributed by atoms with van der Waals surface area (Å²) in [5.74, 6) is -0.819. The van der Waals surface area contributed by atoms with Gasteiger partial charge in [-0.3, -0.25) is 9.59 Å². The zero-order valence-corrected chi connectivity index (χ0v) is 21.6. The summed E-state index contributed by atoms with van der Waals surface area (Å²) in [6, 6.07) is 2.18. The van der Waals surface area contributed by atoms with Crippen LogP contribution in [0.1, 0.15) is 53.5 Å². The standard InChI is InChI=1S/C22H24Cl2F3N3O4S/c1-10-7-30(8-10)19(32)15-16(35-18(29-15)17(31)28-9-20(2,3)33)11-5-6-12(14(24)13(11)23)21(4,34)22(25,26)27/h5-6,10,33-34H,7-9H2,1-4H3,(H,28,31). The third kappa shape index (κ3) is 5.59. The van der Waals surface area contributed by atoms with Gasteiger partial charge in [-0.2, -0.15) is 13.2 Å². The molecule has 3 rings (SSSR count). The first-order valence-corrected chi connectivity index (χ1v) is 12.1. The molecule has 2 amide bonds. The summed E-state index contributed by atoms with van der Waals surface area (Å²) in [7, 11) is 0. The van der Waals surface area contributed by atoms with Gasteiger partial charge in [0.1, 0.15) is 5.69 Å². The molecule has 1 fully saturated rings. The summed E-state index contributed by atoms with van der Waals surface area (Å²) in [6.07, 6.45) is -5.02. The van der Waals surface area contributed by atoms with E-state index in [9.17, 15) is 33.0 Å². The molecule has 0 spiro atoms. The van der Waals surface area contributed by atoms with Gasteiger partial charge in [0.05, 0.1) is 20.5 Å². The van der Waals surface area contributed by atoms with Crippen LogP contribution in [0.2, 0.25) is 10.0 Å². The van der Waals surface area contributed by atoms with Crippen molar-refractivity contribution < 1.29 is 33.0 Å². The SMILES string of the molecule is CC1CN(C(=O)c2nc(C(=O)NCC(C)(C)O)sc2-c2ccc(C(C)(O)C(F)(F)F)c(Cl)c2Cl)C1. The number of aliphatic hydroxyl groups is 2. The molecular formula is C22H24Cl2F3N3O4S. The first-order chi connectivity index (χ1) is 15.9. The van der Waals surface area contributed by atoms with Gasteiger partial charge in [0.25, 0.3) is 11.8 Å². The number of rotatable bonds is 6. The van der Waals surface area contributed by atoms with E-state index >= 15 is 0 Å². The smallest absolute Gasteiger partial charge is 0.389 e. The number of nitrogens with one attached hydrogen (secondary N) is 1. The van der Waals surface area contributed by atoms with Crippen molar-refractivity contribution in [2.45, 2.75) is 45.1 Å². The average Bonchev–Trinajstić information content (AvgIpc) is 3.14. The number of amides is 2. The Hall–Kier alpha value is -1.92. The van der Waals surface area contributed by atoms with Gasteiger partial charge >= 0.3 is 6.18 Å². The number of alkyl halides is 3. The number of likely N-dealkylation sites (tertiary alicyclic amines) is 1. The van der Waals surface area contributed by atoms with Gasteiger partial charge in [-0.25, -0.2) is 4.98 Å². The highest BCUT2D eigenvalue weighted by atomic mass is 35.5. The minimum atomic E-state index is -5.02. The van der Waals surface area contributed by atoms with Crippen molar-refractivity contribution in [2.24, 2.45) is 5.92 Å². The first-order valence-electron chi connectivity index (χ1n) is 10.5. The predicted octanol–water partition coefficient (Wildman–Crippen LogP) is 4.48. The van der Waals surface area contributed by atoms with Crippen LogP contribution in [0, 0.1) is 5.92 Å². The highest BCUT2D eigenvalue weighted by molar-refractivity contribution is 7.17. The van der Waals surface area contributed by atoms with Gasteiger partial charge in [0, 0.05) is 30.8 Å². The van der Waals surface area contributed by atoms with Gasteiger partial charge in [-0.05, 0) is 26.7 Å². The molecule has 192 valence electrons. The van der Waals surface area contributed by atoms with Crippen LogP contribution in [0.3, 0.4) is 0 Å². The topological polar surface area (TPSA) is 103 Å². The zero-order chi connectivity index (χ0) is 26.5. The van der Waals surface area contributed by atoms with Gasteiger partial charge in [0.15, 0.2) is 10.6 Å². The molecule has 1 atom stereocenters. The van der Waals surface area contributed by atoms with Crippen LogP contribution in [0.5, 0.6) is 0 Å². The number of thiazole rings is 1. The lowest BCUT2D eigenvalue weighted by molar-refractivity contribution is -0.258. The molecule has 1 aromatic carbocycles. The Labute approximate surface area is 213 Å². The molecule has 7 nitrogen and oxygen atoms in total. The predicted molar refractivity (Wildman–Crippen MR) is 127 cm³/mol. The molecular weight excluding hydrogens is 530 g/mol. The lowest BCUT2D eigenvalue weighted by atomic mass is 9.93. The molecule has 0 bridgehead atoms. The maximum Gasteiger partial charge on any atom is 0.421 e. The van der Waals surface area contributed by atoms with Crippen molar-refractivity contribution in [1.29, 1.82) is 0 Å². The summed E-state index contributed by atoms with van der Waals surface area (Å²) in [5.41, 5.74) is -5.12. The monoisotopic (exact) mass is 553 g/mol. The minimum absolute atomic E-state index is 0.0819. The molecule has 35 heavy (non-hydrogen) atoms. The number of benzene rings is 1. The molecule has 1 unspecified atom stereocenters. The molecule has 2 aromatic rings. The van der Waals surface area contributed by atoms with E-state index in [-0.39, 0.29) is 38.6 Å². The summed E-state index contributed by atoms with van der Waals surface area (Å²) < 4.78 is 40.1. The van der Waals surface area contributed by atoms with Crippen LogP contribution < -0.4 is 5.32 Å². The molecule has 0 aliphatic carbocycles. The van der Waals surface area contributed by atoms with E-state index in [1.807, 2.05) is 6.92 Å². The van der Waals surface area contributed by atoms with Crippen molar-refractivity contribution in [3.63, 3.8) is 0 Å². The molecule has 1 aliphatic rings. The summed E-state index contributed by atoms with van der Waals surface area (Å²) in [6.45, 7) is 6.40. The number of nitrogens with zero attached hydrogens (tertiary/aromatic N) is 2. The molecule has 1 saturated heterocycles. The number of hydrogen-bond acceptors (Lipinski definition) is 6. The second-order valence-corrected chi connectivity index (χ2v) is 11.1. The first kappa shape index (κ1) is 27.7. The van der Waals surface area contributed by atoms with Crippen LogP contribution in [-0.2, 0) is 5.60 Å². The summed E-state index contributed by atoms with van der Waals surface area (Å²) in [4.78, 5) is 31.6. The Morgan fingerprint density at radius 2 is 1.77 bits per heavy atom. The zero-order valence-electron chi connectivity index (χ0n) is 19.3. The normalized spacial score (nSPS) is 16.6. The van der Waals surface area contributed by atoms with Gasteiger partial charge in [-0.1, -0.05) is 42.3 Å². The van der Waals surface area contributed by atoms with Crippen LogP contribution in [0.15, 0.2) is 12.1 Å². The molecule has 1 aliphatic heterocycles. The number of carbonyl (C=O) groups is 2. The maximum absolute atomic E-state index is 13.4. The molecule has 2 heterocycles. The van der Waals surface area contributed by atoms with E-state index in [0.717, 1.165) is 17.4 Å². The second kappa shape index (κ2) is 9.51. The molecule has 0 radical (unpaired) electrons. The lowest BCUT2D eigenvalue weighted by Crippen LogP contribution is -2.48. The van der Waals surface area contributed by atoms with Crippen molar-refractivity contribution in [1.82, 2.24) is 15.2 Å². The van der Waals surface area contributed by atoms with Crippen molar-refractivity contribution in [3.8, 4) is 10.4 Å². The van der Waals surface area contributed by atoms with E-state index in [1.165, 1.54) is 24.8 Å². The number of halogens is 5. The highest BCUT2D eigenvalue weighted by Gasteiger charge is 2.52. The minimum Gasteiger partial charge on any atom is -0.389 e. The third-order valence-corrected chi connectivity index (χ3v) is 7.43. The van der Waals surface area contributed by atoms with Gasteiger partial charge in [0.2, 0.25) is 0 Å². The maximum atomic E-state index is 13.4. The number of carbonyl (C=O) groups excluding carboxylic acids is 2. The quantitative estimate of drug-likeness (QED) is 0.489. The van der Waals surface area contributed by atoms with Crippen molar-refractivity contribution >= 4 is 46.4 Å². The fourth-order valence-electron chi connectivity index (χ4n) is 3.39. The highest BCUT2D eigenvalue weighted by Crippen LogP contribution is 2.47. The van der Waals surface area contributed by atoms with Crippen LogP contribution >= 0.6 is 34.5 Å². The van der Waals surface area contributed by atoms with Gasteiger partial charge < -0.3 is 20.4 Å². The summed E-state index contributed by atoms with van der Waals surface area (Å²) >= 11 is 13.3. The summed E-state index contributed by atoms with van der Waals surface area (Å²) in [5, 5.41) is 21.5. The van der Waals surface area contributed by atoms with Crippen LogP contribution in [0.4, 0.5) is 13.2 Å². The van der Waals surface area contributed by atoms with E-state index in [0.29, 0.717) is 20.0 Å². The van der Waals surface area contributed by atoms with Crippen LogP contribution in [0.25, 0.3) is 10.4 Å². The Morgan fingerprint density at radius 1 is 1.17 bits per heavy atom. The fourth-order valence-corrected chi connectivity index (χ4v) is 5.05. The molecule has 13 heteroatoms. The van der Waals surface area contributed by atoms with E-state index in [4.69, 9.17) is 23.2 Å². The Bertz CT molecular complexity index is 1160. The Morgan fingerprint density at radius 3 is 2.29 bits per heavy atom. The van der Waals surface area contributed by atoms with Crippen LogP contribution in [-0.4, -0.2) is 63.3 Å². The largest absolute Gasteiger partial charge is 0.421 e. The van der Waals surface area contributed by atoms with E-state index < -0.39 is 39.8 Å². The number of aromatic nitrogens is 1. The Kier molecular flexibility index (Phi) is 7.52. The fraction of sp³-hybridized carbons (Fsp3) is 0.500. The molecule has 3 N–H and O–H groups in total. The third-order valence-electron chi connectivity index (χ3n) is 5.46. The van der Waals surface area contributed by atoms with Crippen molar-refractivity contribution in [2.75, 3.05) is 19.6 Å². The second-order valence-electron chi connectivity index (χ2n) is 9.37. The van der Waals surface area contributed by atoms with Crippen molar-refractivity contribution in [3.05, 3.63) is 38.4 Å².